The van der Waals surface area contributed by atoms with E-state index in [0.717, 1.165) is 0 Å². The van der Waals surface area contributed by atoms with Gasteiger partial charge in [-0.1, -0.05) is 17.7 Å². The van der Waals surface area contributed by atoms with Gasteiger partial charge >= 0.3 is 5.69 Å². The van der Waals surface area contributed by atoms with Gasteiger partial charge in [0, 0.05) is 6.07 Å². The summed E-state index contributed by atoms with van der Waals surface area (Å²) in [5.41, 5.74) is -0.835. The highest BCUT2D eigenvalue weighted by molar-refractivity contribution is 6.22. The number of Topliss-reactive ketones (excluding diaryl/α,β-unsaturated/α-hetero) is 1. The number of para-hydroxylation sites is 1. The number of hydrogen-bond donors (Lipinski definition) is 0. The van der Waals surface area contributed by atoms with Gasteiger partial charge in [0.25, 0.3) is 0 Å². The maximum atomic E-state index is 11.5. The van der Waals surface area contributed by atoms with Crippen molar-refractivity contribution < 1.29 is 14.5 Å². The Bertz CT molecular complexity index is 431. The number of alkyl halides is 1. The molecule has 78 valence electrons. The number of hydrogen-bond acceptors (Lipinski definition) is 4. The predicted octanol–water partition coefficient (Wildman–Crippen LogP) is 2.12. The van der Waals surface area contributed by atoms with Crippen molar-refractivity contribution >= 4 is 23.1 Å². The van der Waals surface area contributed by atoms with Gasteiger partial charge in [-0.3, -0.25) is 14.9 Å². The van der Waals surface area contributed by atoms with E-state index in [9.17, 15) is 14.9 Å². The Labute approximate surface area is 89.8 Å². The second-order valence-corrected chi connectivity index (χ2v) is 3.55. The van der Waals surface area contributed by atoms with Crippen LogP contribution in [0.25, 0.3) is 0 Å². The molecule has 5 nitrogen and oxygen atoms in total. The summed E-state index contributed by atoms with van der Waals surface area (Å²) < 4.78 is 5.10. The lowest BCUT2D eigenvalue weighted by Crippen LogP contribution is -2.22. The molecule has 0 bridgehead atoms. The van der Waals surface area contributed by atoms with Gasteiger partial charge in [0.15, 0.2) is 11.3 Å². The Balaban J connectivity index is 2.59. The van der Waals surface area contributed by atoms with Gasteiger partial charge in [-0.05, 0) is 6.07 Å². The van der Waals surface area contributed by atoms with Crippen LogP contribution in [0.5, 0.6) is 5.75 Å². The molecule has 0 aromatic heterocycles. The summed E-state index contributed by atoms with van der Waals surface area (Å²) in [5, 5.41) is 10.7. The van der Waals surface area contributed by atoms with Crippen LogP contribution in [0.2, 0.25) is 0 Å². The summed E-state index contributed by atoms with van der Waals surface area (Å²) in [4.78, 5) is 21.5. The number of carbonyl (C=O) groups excluding carboxylic acids is 1. The number of nitrogens with zero attached hydrogens (tertiary/aromatic N) is 1. The molecule has 1 aromatic rings. The number of halogens is 1. The van der Waals surface area contributed by atoms with Crippen LogP contribution in [-0.2, 0) is 0 Å². The van der Waals surface area contributed by atoms with Gasteiger partial charge in [0.2, 0.25) is 5.75 Å². The van der Waals surface area contributed by atoms with Gasteiger partial charge in [0.1, 0.15) is 0 Å². The lowest BCUT2D eigenvalue weighted by molar-refractivity contribution is -0.386. The highest BCUT2D eigenvalue weighted by atomic mass is 35.5. The number of ether oxygens (including phenoxy) is 1. The minimum Gasteiger partial charge on any atom is -0.466 e. The van der Waals surface area contributed by atoms with Crippen molar-refractivity contribution in [2.45, 2.75) is 12.0 Å². The highest BCUT2D eigenvalue weighted by Crippen LogP contribution is 2.36. The van der Waals surface area contributed by atoms with Crippen LogP contribution in [0.3, 0.4) is 0 Å². The summed E-state index contributed by atoms with van der Waals surface area (Å²) in [6.45, 7) is 0. The molecule has 1 aliphatic heterocycles. The Hall–Kier alpha value is -1.62. The van der Waals surface area contributed by atoms with Crippen LogP contribution in [0.15, 0.2) is 18.2 Å². The van der Waals surface area contributed by atoms with E-state index in [0.29, 0.717) is 0 Å². The monoisotopic (exact) mass is 227 g/mol. The van der Waals surface area contributed by atoms with Crippen molar-refractivity contribution in [3.63, 3.8) is 0 Å². The molecule has 0 N–H and O–H groups in total. The SMILES string of the molecule is O=C1CC(Cl)Oc2c1cccc2[N+](=O)[O-]. The first-order chi connectivity index (χ1) is 7.09. The van der Waals surface area contributed by atoms with Crippen molar-refractivity contribution in [2.75, 3.05) is 0 Å². The summed E-state index contributed by atoms with van der Waals surface area (Å²) in [6, 6.07) is 4.22. The normalized spacial score (nSPS) is 19.3. The molecule has 0 saturated heterocycles. The van der Waals surface area contributed by atoms with Gasteiger partial charge in [-0.15, -0.1) is 0 Å². The van der Waals surface area contributed by atoms with Crippen LogP contribution in [-0.4, -0.2) is 16.3 Å². The fourth-order valence-electron chi connectivity index (χ4n) is 1.44. The molecule has 0 radical (unpaired) electrons. The minimum atomic E-state index is -0.828. The Morgan fingerprint density at radius 1 is 1.53 bits per heavy atom. The number of nitro groups is 1. The zero-order valence-electron chi connectivity index (χ0n) is 7.47. The number of rotatable bonds is 1. The molecule has 0 fully saturated rings. The van der Waals surface area contributed by atoms with Gasteiger partial charge in [-0.2, -0.15) is 0 Å². The smallest absolute Gasteiger partial charge is 0.311 e. The molecule has 1 atom stereocenters. The first-order valence-corrected chi connectivity index (χ1v) is 4.64. The summed E-state index contributed by atoms with van der Waals surface area (Å²) >= 11 is 5.65. The number of carbonyl (C=O) groups is 1. The van der Waals surface area contributed by atoms with E-state index in [-0.39, 0.29) is 29.2 Å². The molecular weight excluding hydrogens is 222 g/mol. The number of benzene rings is 1. The first-order valence-electron chi connectivity index (χ1n) is 4.21. The molecule has 1 heterocycles. The largest absolute Gasteiger partial charge is 0.466 e. The fraction of sp³-hybridized carbons (Fsp3) is 0.222. The first kappa shape index (κ1) is 9.92. The van der Waals surface area contributed by atoms with E-state index in [1.807, 2.05) is 0 Å². The van der Waals surface area contributed by atoms with Gasteiger partial charge in [-0.25, -0.2) is 0 Å². The third-order valence-corrected chi connectivity index (χ3v) is 2.33. The maximum absolute atomic E-state index is 11.5. The van der Waals surface area contributed by atoms with Crippen molar-refractivity contribution in [1.82, 2.24) is 0 Å². The Morgan fingerprint density at radius 3 is 2.93 bits per heavy atom. The molecular formula is C9H6ClNO4. The zero-order chi connectivity index (χ0) is 11.0. The number of nitro benzene ring substituents is 1. The predicted molar refractivity (Wildman–Crippen MR) is 52.3 cm³/mol. The van der Waals surface area contributed by atoms with E-state index in [1.54, 1.807) is 0 Å². The molecule has 0 saturated carbocycles. The molecule has 2 rings (SSSR count). The van der Waals surface area contributed by atoms with E-state index >= 15 is 0 Å². The average molecular weight is 228 g/mol. The summed E-state index contributed by atoms with van der Waals surface area (Å²) in [6.07, 6.45) is 0.0374. The van der Waals surface area contributed by atoms with Crippen molar-refractivity contribution in [2.24, 2.45) is 0 Å². The maximum Gasteiger partial charge on any atom is 0.311 e. The minimum absolute atomic E-state index is 0.0289. The topological polar surface area (TPSA) is 69.4 Å². The van der Waals surface area contributed by atoms with E-state index < -0.39 is 10.5 Å². The Morgan fingerprint density at radius 2 is 2.27 bits per heavy atom. The van der Waals surface area contributed by atoms with Crippen LogP contribution in [0, 0.1) is 10.1 Å². The lowest BCUT2D eigenvalue weighted by Gasteiger charge is -2.19. The average Bonchev–Trinajstić information content (AvgIpc) is 2.16. The van der Waals surface area contributed by atoms with Gasteiger partial charge in [0.05, 0.1) is 16.9 Å². The molecule has 0 amide bonds. The fourth-order valence-corrected chi connectivity index (χ4v) is 1.67. The second kappa shape index (κ2) is 3.51. The standard InChI is InChI=1S/C9H6ClNO4/c10-8-4-7(12)5-2-1-3-6(11(13)14)9(5)15-8/h1-3,8H,4H2. The van der Waals surface area contributed by atoms with Crippen molar-refractivity contribution in [3.05, 3.63) is 33.9 Å². The summed E-state index contributed by atoms with van der Waals surface area (Å²) in [7, 11) is 0. The molecule has 1 aromatic carbocycles. The van der Waals surface area contributed by atoms with Crippen molar-refractivity contribution in [1.29, 1.82) is 0 Å². The molecule has 15 heavy (non-hydrogen) atoms. The Kier molecular flexibility index (Phi) is 2.32. The molecule has 1 unspecified atom stereocenters. The third kappa shape index (κ3) is 1.66. The zero-order valence-corrected chi connectivity index (χ0v) is 8.23. The molecule has 6 heteroatoms. The van der Waals surface area contributed by atoms with Crippen molar-refractivity contribution in [3.8, 4) is 5.75 Å². The second-order valence-electron chi connectivity index (χ2n) is 3.07. The van der Waals surface area contributed by atoms with Crippen LogP contribution in [0.4, 0.5) is 5.69 Å². The summed E-state index contributed by atoms with van der Waals surface area (Å²) in [5.74, 6) is -0.265. The van der Waals surface area contributed by atoms with Gasteiger partial charge < -0.3 is 4.74 Å². The molecule has 0 aliphatic carbocycles. The molecule has 1 aliphatic rings. The molecule has 0 spiro atoms. The van der Waals surface area contributed by atoms with E-state index in [4.69, 9.17) is 16.3 Å². The lowest BCUT2D eigenvalue weighted by atomic mass is 10.0. The number of ketones is 1. The van der Waals surface area contributed by atoms with E-state index in [2.05, 4.69) is 0 Å². The highest BCUT2D eigenvalue weighted by Gasteiger charge is 2.30. The van der Waals surface area contributed by atoms with E-state index in [1.165, 1.54) is 18.2 Å². The van der Waals surface area contributed by atoms with Crippen LogP contribution < -0.4 is 4.74 Å². The number of fused-ring (bicyclic) bond motifs is 1. The third-order valence-electron chi connectivity index (χ3n) is 2.08. The quantitative estimate of drug-likeness (QED) is 0.419. The van der Waals surface area contributed by atoms with Crippen LogP contribution >= 0.6 is 11.6 Å². The van der Waals surface area contributed by atoms with Crippen LogP contribution in [0.1, 0.15) is 16.8 Å².